The maximum absolute atomic E-state index is 12.7. The maximum atomic E-state index is 12.7. The fraction of sp³-hybridized carbons (Fsp3) is 0.100. The molecule has 0 aromatic heterocycles. The molecule has 2 heterocycles. The summed E-state index contributed by atoms with van der Waals surface area (Å²) >= 11 is 3.38. The van der Waals surface area contributed by atoms with Gasteiger partial charge in [0.25, 0.3) is 5.91 Å². The van der Waals surface area contributed by atoms with Crippen molar-refractivity contribution in [2.75, 3.05) is 6.54 Å². The number of rotatable bonds is 3. The molecule has 4 rings (SSSR count). The molecule has 1 atom stereocenters. The van der Waals surface area contributed by atoms with E-state index in [0.717, 1.165) is 9.37 Å². The summed E-state index contributed by atoms with van der Waals surface area (Å²) in [6, 6.07) is 12.9. The van der Waals surface area contributed by atoms with Crippen LogP contribution in [0.3, 0.4) is 0 Å². The molecule has 1 unspecified atom stereocenters. The molecule has 2 aliphatic heterocycles. The van der Waals surface area contributed by atoms with E-state index >= 15 is 0 Å². The SMILES string of the molecule is O=C1Oc2ccccc2C(=O)C1CN1C(=O)NC(=Cc2ccccc2Br)C1=O. The number of carbonyl (C=O) groups excluding carboxylic acids is 4. The first kappa shape index (κ1) is 18.1. The molecule has 0 spiro atoms. The van der Waals surface area contributed by atoms with Gasteiger partial charge in [0.2, 0.25) is 0 Å². The van der Waals surface area contributed by atoms with Crippen molar-refractivity contribution >= 4 is 45.7 Å². The molecule has 2 aliphatic rings. The first-order valence-corrected chi connectivity index (χ1v) is 9.19. The fourth-order valence-corrected chi connectivity index (χ4v) is 3.46. The van der Waals surface area contributed by atoms with Crippen LogP contribution in [-0.4, -0.2) is 35.1 Å². The van der Waals surface area contributed by atoms with Crippen LogP contribution in [0.25, 0.3) is 6.08 Å². The lowest BCUT2D eigenvalue weighted by molar-refractivity contribution is -0.138. The summed E-state index contributed by atoms with van der Waals surface area (Å²) in [5.74, 6) is -2.95. The van der Waals surface area contributed by atoms with Crippen molar-refractivity contribution in [3.05, 3.63) is 69.8 Å². The van der Waals surface area contributed by atoms with Crippen molar-refractivity contribution in [1.29, 1.82) is 0 Å². The predicted octanol–water partition coefficient (Wildman–Crippen LogP) is 2.76. The van der Waals surface area contributed by atoms with Gasteiger partial charge in [-0.2, -0.15) is 0 Å². The normalized spacial score (nSPS) is 20.2. The minimum Gasteiger partial charge on any atom is -0.425 e. The molecule has 0 bridgehead atoms. The predicted molar refractivity (Wildman–Crippen MR) is 102 cm³/mol. The number of nitrogens with zero attached hydrogens (tertiary/aromatic N) is 1. The van der Waals surface area contributed by atoms with Gasteiger partial charge in [-0.25, -0.2) is 4.79 Å². The molecule has 7 nitrogen and oxygen atoms in total. The number of hydrogen-bond acceptors (Lipinski definition) is 5. The van der Waals surface area contributed by atoms with Crippen molar-refractivity contribution in [2.24, 2.45) is 5.92 Å². The number of halogens is 1. The number of nitrogens with one attached hydrogen (secondary N) is 1. The molecule has 1 N–H and O–H groups in total. The average Bonchev–Trinajstić information content (AvgIpc) is 2.94. The highest BCUT2D eigenvalue weighted by Crippen LogP contribution is 2.29. The molecule has 2 aromatic rings. The number of hydrogen-bond donors (Lipinski definition) is 1. The van der Waals surface area contributed by atoms with Crippen molar-refractivity contribution in [3.8, 4) is 5.75 Å². The number of benzene rings is 2. The van der Waals surface area contributed by atoms with E-state index in [1.54, 1.807) is 36.4 Å². The van der Waals surface area contributed by atoms with Gasteiger partial charge < -0.3 is 10.1 Å². The molecule has 0 radical (unpaired) electrons. The van der Waals surface area contributed by atoms with Gasteiger partial charge in [-0.05, 0) is 29.8 Å². The second kappa shape index (κ2) is 7.05. The van der Waals surface area contributed by atoms with Gasteiger partial charge in [0, 0.05) is 4.47 Å². The van der Waals surface area contributed by atoms with Crippen LogP contribution < -0.4 is 10.1 Å². The number of imide groups is 1. The second-order valence-electron chi connectivity index (χ2n) is 6.26. The van der Waals surface area contributed by atoms with Crippen LogP contribution in [0, 0.1) is 5.92 Å². The summed E-state index contributed by atoms with van der Waals surface area (Å²) < 4.78 is 5.94. The van der Waals surface area contributed by atoms with Crippen LogP contribution in [0.4, 0.5) is 4.79 Å². The summed E-state index contributed by atoms with van der Waals surface area (Å²) in [6.45, 7) is -0.385. The van der Waals surface area contributed by atoms with Crippen LogP contribution in [0.2, 0.25) is 0 Å². The zero-order valence-electron chi connectivity index (χ0n) is 14.3. The molecule has 3 amide bonds. The molecule has 2 aromatic carbocycles. The van der Waals surface area contributed by atoms with Crippen molar-refractivity contribution in [3.63, 3.8) is 0 Å². The van der Waals surface area contributed by atoms with Gasteiger partial charge in [-0.15, -0.1) is 0 Å². The highest BCUT2D eigenvalue weighted by Gasteiger charge is 2.42. The van der Waals surface area contributed by atoms with Crippen LogP contribution in [0.5, 0.6) is 5.75 Å². The van der Waals surface area contributed by atoms with E-state index in [1.165, 1.54) is 12.1 Å². The van der Waals surface area contributed by atoms with E-state index in [1.807, 2.05) is 6.07 Å². The molecule has 0 aliphatic carbocycles. The summed E-state index contributed by atoms with van der Waals surface area (Å²) in [7, 11) is 0. The third-order valence-corrected chi connectivity index (χ3v) is 5.22. The second-order valence-corrected chi connectivity index (χ2v) is 7.11. The molecule has 0 saturated carbocycles. The quantitative estimate of drug-likeness (QED) is 0.260. The van der Waals surface area contributed by atoms with Gasteiger partial charge >= 0.3 is 12.0 Å². The number of urea groups is 1. The van der Waals surface area contributed by atoms with E-state index in [-0.39, 0.29) is 23.6 Å². The summed E-state index contributed by atoms with van der Waals surface area (Å²) in [5.41, 5.74) is 1.02. The summed E-state index contributed by atoms with van der Waals surface area (Å²) in [6.07, 6.45) is 1.53. The number of ether oxygens (including phenoxy) is 1. The standard InChI is InChI=1S/C20H13BrN2O5/c21-14-7-3-1-5-11(14)9-15-18(25)23(20(27)22-15)10-13-17(24)12-6-2-4-8-16(12)28-19(13)26/h1-9,13H,10H2,(H,22,27). The van der Waals surface area contributed by atoms with Crippen LogP contribution in [-0.2, 0) is 9.59 Å². The maximum Gasteiger partial charge on any atom is 0.329 e. The van der Waals surface area contributed by atoms with Gasteiger partial charge in [-0.3, -0.25) is 19.3 Å². The van der Waals surface area contributed by atoms with Crippen molar-refractivity contribution < 1.29 is 23.9 Å². The number of carbonyl (C=O) groups is 4. The lowest BCUT2D eigenvalue weighted by atomic mass is 9.94. The number of fused-ring (bicyclic) bond motifs is 1. The summed E-state index contributed by atoms with van der Waals surface area (Å²) in [4.78, 5) is 50.7. The van der Waals surface area contributed by atoms with Crippen LogP contribution in [0.1, 0.15) is 15.9 Å². The first-order valence-electron chi connectivity index (χ1n) is 8.39. The van der Waals surface area contributed by atoms with E-state index in [9.17, 15) is 19.2 Å². The average molecular weight is 441 g/mol. The Bertz CT molecular complexity index is 1060. The van der Waals surface area contributed by atoms with Crippen LogP contribution >= 0.6 is 15.9 Å². The molecular formula is C20H13BrN2O5. The number of ketones is 1. The lowest BCUT2D eigenvalue weighted by Gasteiger charge is -2.24. The minimum absolute atomic E-state index is 0.0638. The zero-order chi connectivity index (χ0) is 19.8. The largest absolute Gasteiger partial charge is 0.425 e. The first-order chi connectivity index (χ1) is 13.5. The molecule has 1 saturated heterocycles. The van der Waals surface area contributed by atoms with Gasteiger partial charge in [-0.1, -0.05) is 46.3 Å². The lowest BCUT2D eigenvalue weighted by Crippen LogP contribution is -2.44. The molecule has 8 heteroatoms. The highest BCUT2D eigenvalue weighted by atomic mass is 79.9. The van der Waals surface area contributed by atoms with Crippen LogP contribution in [0.15, 0.2) is 58.7 Å². The van der Waals surface area contributed by atoms with E-state index in [2.05, 4.69) is 21.2 Å². The topological polar surface area (TPSA) is 92.8 Å². The van der Waals surface area contributed by atoms with Crippen molar-refractivity contribution in [2.45, 2.75) is 0 Å². The smallest absolute Gasteiger partial charge is 0.329 e. The summed E-state index contributed by atoms with van der Waals surface area (Å²) in [5, 5.41) is 2.48. The Labute approximate surface area is 168 Å². The van der Waals surface area contributed by atoms with Gasteiger partial charge in [0.15, 0.2) is 5.78 Å². The Balaban J connectivity index is 1.58. The number of Topliss-reactive ketones (excluding diaryl/α,β-unsaturated/α-hetero) is 1. The van der Waals surface area contributed by atoms with Gasteiger partial charge in [0.05, 0.1) is 12.1 Å². The molecule has 1 fully saturated rings. The third kappa shape index (κ3) is 3.11. The monoisotopic (exact) mass is 440 g/mol. The van der Waals surface area contributed by atoms with E-state index in [4.69, 9.17) is 4.74 Å². The number of para-hydroxylation sites is 1. The number of amides is 3. The Morgan fingerprint density at radius 3 is 2.54 bits per heavy atom. The third-order valence-electron chi connectivity index (χ3n) is 4.50. The highest BCUT2D eigenvalue weighted by molar-refractivity contribution is 9.10. The Kier molecular flexibility index (Phi) is 4.56. The molecule has 140 valence electrons. The Morgan fingerprint density at radius 2 is 1.75 bits per heavy atom. The fourth-order valence-electron chi connectivity index (χ4n) is 3.06. The van der Waals surface area contributed by atoms with E-state index in [0.29, 0.717) is 5.56 Å². The Morgan fingerprint density at radius 1 is 1.04 bits per heavy atom. The van der Waals surface area contributed by atoms with Crippen molar-refractivity contribution in [1.82, 2.24) is 10.2 Å². The Hall–Kier alpha value is -3.26. The molecular weight excluding hydrogens is 428 g/mol. The van der Waals surface area contributed by atoms with E-state index < -0.39 is 29.6 Å². The molecule has 28 heavy (non-hydrogen) atoms. The number of esters is 1. The zero-order valence-corrected chi connectivity index (χ0v) is 15.9. The minimum atomic E-state index is -1.26. The van der Waals surface area contributed by atoms with Gasteiger partial charge in [0.1, 0.15) is 17.4 Å².